The Morgan fingerprint density at radius 2 is 2.31 bits per heavy atom. The number of nitrogens with one attached hydrogen (secondary N) is 1. The van der Waals surface area contributed by atoms with Crippen LogP contribution in [0.3, 0.4) is 0 Å². The van der Waals surface area contributed by atoms with Gasteiger partial charge in [-0.2, -0.15) is 5.26 Å². The molecular weight excluding hydrogens is 206 g/mol. The maximum absolute atomic E-state index is 10.8. The number of rotatable bonds is 5. The fraction of sp³-hybridized carbons (Fsp3) is 0.364. The van der Waals surface area contributed by atoms with E-state index in [-0.39, 0.29) is 11.3 Å². The van der Waals surface area contributed by atoms with Gasteiger partial charge in [0.2, 0.25) is 0 Å². The predicted octanol–water partition coefficient (Wildman–Crippen LogP) is 2.68. The van der Waals surface area contributed by atoms with Crippen molar-refractivity contribution in [3.63, 3.8) is 0 Å². The van der Waals surface area contributed by atoms with Crippen LogP contribution >= 0.6 is 0 Å². The van der Waals surface area contributed by atoms with Crippen molar-refractivity contribution in [1.29, 1.82) is 5.26 Å². The third kappa shape index (κ3) is 2.70. The molecule has 0 fully saturated rings. The Balaban J connectivity index is 2.99. The van der Waals surface area contributed by atoms with E-state index in [1.165, 1.54) is 6.07 Å². The largest absolute Gasteiger partial charge is 0.379 e. The standard InChI is InChI=1S/C11H13N3O2/c1-2-3-7-13-10-6-4-5-9(8-12)11(10)14(15)16/h4-6,13H,2-3,7H2,1H3. The van der Waals surface area contributed by atoms with Crippen LogP contribution in [0.1, 0.15) is 25.3 Å². The van der Waals surface area contributed by atoms with E-state index in [2.05, 4.69) is 5.32 Å². The van der Waals surface area contributed by atoms with E-state index in [0.29, 0.717) is 12.2 Å². The second kappa shape index (κ2) is 5.71. The minimum Gasteiger partial charge on any atom is -0.379 e. The summed E-state index contributed by atoms with van der Waals surface area (Å²) >= 11 is 0. The molecule has 1 aromatic rings. The molecule has 1 aromatic carbocycles. The number of anilines is 1. The molecule has 0 radical (unpaired) electrons. The molecule has 0 unspecified atom stereocenters. The van der Waals surface area contributed by atoms with Crippen LogP contribution in [0.5, 0.6) is 0 Å². The van der Waals surface area contributed by atoms with Crippen LogP contribution in [-0.2, 0) is 0 Å². The van der Waals surface area contributed by atoms with Gasteiger partial charge in [0.1, 0.15) is 17.3 Å². The van der Waals surface area contributed by atoms with Gasteiger partial charge in [-0.25, -0.2) is 0 Å². The normalized spacial score (nSPS) is 9.50. The molecule has 16 heavy (non-hydrogen) atoms. The summed E-state index contributed by atoms with van der Waals surface area (Å²) in [6.07, 6.45) is 1.95. The quantitative estimate of drug-likeness (QED) is 0.469. The third-order valence-corrected chi connectivity index (χ3v) is 2.18. The number of nitro benzene ring substituents is 1. The fourth-order valence-corrected chi connectivity index (χ4v) is 1.37. The molecular formula is C11H13N3O2. The summed E-state index contributed by atoms with van der Waals surface area (Å²) in [5.41, 5.74) is 0.366. The Bertz CT molecular complexity index is 424. The highest BCUT2D eigenvalue weighted by molar-refractivity contribution is 5.68. The number of nitro groups is 1. The van der Waals surface area contributed by atoms with Crippen molar-refractivity contribution in [2.45, 2.75) is 19.8 Å². The molecule has 0 aliphatic heterocycles. The highest BCUT2D eigenvalue weighted by Crippen LogP contribution is 2.27. The summed E-state index contributed by atoms with van der Waals surface area (Å²) < 4.78 is 0. The predicted molar refractivity (Wildman–Crippen MR) is 61.2 cm³/mol. The lowest BCUT2D eigenvalue weighted by atomic mass is 10.1. The second-order valence-electron chi connectivity index (χ2n) is 3.35. The lowest BCUT2D eigenvalue weighted by Gasteiger charge is -2.06. The van der Waals surface area contributed by atoms with Crippen molar-refractivity contribution in [2.75, 3.05) is 11.9 Å². The zero-order valence-electron chi connectivity index (χ0n) is 9.06. The molecule has 0 saturated heterocycles. The topological polar surface area (TPSA) is 79.0 Å². The SMILES string of the molecule is CCCCNc1cccc(C#N)c1[N+](=O)[O-]. The highest BCUT2D eigenvalue weighted by atomic mass is 16.6. The first-order chi connectivity index (χ1) is 7.70. The summed E-state index contributed by atoms with van der Waals surface area (Å²) in [5, 5.41) is 22.6. The van der Waals surface area contributed by atoms with Crippen molar-refractivity contribution >= 4 is 11.4 Å². The lowest BCUT2D eigenvalue weighted by molar-refractivity contribution is -0.384. The smallest absolute Gasteiger partial charge is 0.309 e. The van der Waals surface area contributed by atoms with Gasteiger partial charge in [-0.1, -0.05) is 19.4 Å². The zero-order chi connectivity index (χ0) is 12.0. The molecule has 0 aromatic heterocycles. The van der Waals surface area contributed by atoms with Gasteiger partial charge in [0.05, 0.1) is 4.92 Å². The van der Waals surface area contributed by atoms with Crippen LogP contribution in [-0.4, -0.2) is 11.5 Å². The summed E-state index contributed by atoms with van der Waals surface area (Å²) in [5.74, 6) is 0. The van der Waals surface area contributed by atoms with Gasteiger partial charge in [-0.05, 0) is 18.6 Å². The van der Waals surface area contributed by atoms with Gasteiger partial charge in [-0.3, -0.25) is 10.1 Å². The molecule has 0 aliphatic rings. The highest BCUT2D eigenvalue weighted by Gasteiger charge is 2.18. The van der Waals surface area contributed by atoms with Crippen molar-refractivity contribution < 1.29 is 4.92 Å². The first-order valence-corrected chi connectivity index (χ1v) is 5.12. The first-order valence-electron chi connectivity index (χ1n) is 5.12. The van der Waals surface area contributed by atoms with Crippen LogP contribution in [0.25, 0.3) is 0 Å². The van der Waals surface area contributed by atoms with E-state index >= 15 is 0 Å². The molecule has 5 nitrogen and oxygen atoms in total. The second-order valence-corrected chi connectivity index (χ2v) is 3.35. The number of nitriles is 1. The van der Waals surface area contributed by atoms with Gasteiger partial charge in [0, 0.05) is 6.54 Å². The summed E-state index contributed by atoms with van der Waals surface area (Å²) in [6.45, 7) is 2.72. The van der Waals surface area contributed by atoms with Crippen LogP contribution < -0.4 is 5.32 Å². The maximum Gasteiger partial charge on any atom is 0.309 e. The molecule has 0 heterocycles. The Labute approximate surface area is 93.9 Å². The fourth-order valence-electron chi connectivity index (χ4n) is 1.37. The minimum absolute atomic E-state index is 0.0894. The zero-order valence-corrected chi connectivity index (χ0v) is 9.06. The Morgan fingerprint density at radius 1 is 1.56 bits per heavy atom. The monoisotopic (exact) mass is 219 g/mol. The van der Waals surface area contributed by atoms with E-state index in [1.807, 2.05) is 13.0 Å². The molecule has 84 valence electrons. The summed E-state index contributed by atoms with van der Waals surface area (Å²) in [4.78, 5) is 10.3. The van der Waals surface area contributed by atoms with Crippen molar-refractivity contribution in [2.24, 2.45) is 0 Å². The average Bonchev–Trinajstić information content (AvgIpc) is 2.28. The number of unbranched alkanes of at least 4 members (excludes halogenated alkanes) is 1. The van der Waals surface area contributed by atoms with E-state index in [0.717, 1.165) is 12.8 Å². The number of para-hydroxylation sites is 1. The van der Waals surface area contributed by atoms with Gasteiger partial charge < -0.3 is 5.32 Å². The average molecular weight is 219 g/mol. The van der Waals surface area contributed by atoms with Crippen molar-refractivity contribution in [3.8, 4) is 6.07 Å². The minimum atomic E-state index is -0.521. The van der Waals surface area contributed by atoms with Crippen LogP contribution in [0, 0.1) is 21.4 Å². The van der Waals surface area contributed by atoms with Crippen LogP contribution in [0.2, 0.25) is 0 Å². The van der Waals surface area contributed by atoms with E-state index in [1.54, 1.807) is 12.1 Å². The third-order valence-electron chi connectivity index (χ3n) is 2.18. The van der Waals surface area contributed by atoms with Crippen LogP contribution in [0.4, 0.5) is 11.4 Å². The number of benzene rings is 1. The maximum atomic E-state index is 10.8. The lowest BCUT2D eigenvalue weighted by Crippen LogP contribution is -2.05. The molecule has 5 heteroatoms. The Morgan fingerprint density at radius 3 is 2.88 bits per heavy atom. The van der Waals surface area contributed by atoms with Crippen molar-refractivity contribution in [3.05, 3.63) is 33.9 Å². The Kier molecular flexibility index (Phi) is 4.28. The molecule has 0 amide bonds. The molecule has 1 rings (SSSR count). The Hall–Kier alpha value is -2.09. The van der Waals surface area contributed by atoms with Crippen LogP contribution in [0.15, 0.2) is 18.2 Å². The number of nitrogens with zero attached hydrogens (tertiary/aromatic N) is 2. The van der Waals surface area contributed by atoms with E-state index < -0.39 is 4.92 Å². The van der Waals surface area contributed by atoms with Gasteiger partial charge in [-0.15, -0.1) is 0 Å². The van der Waals surface area contributed by atoms with E-state index in [4.69, 9.17) is 5.26 Å². The van der Waals surface area contributed by atoms with Crippen molar-refractivity contribution in [1.82, 2.24) is 0 Å². The molecule has 0 saturated carbocycles. The number of hydrogen-bond acceptors (Lipinski definition) is 4. The molecule has 0 aliphatic carbocycles. The molecule has 0 atom stereocenters. The molecule has 0 spiro atoms. The van der Waals surface area contributed by atoms with E-state index in [9.17, 15) is 10.1 Å². The summed E-state index contributed by atoms with van der Waals surface area (Å²) in [6, 6.07) is 6.53. The van der Waals surface area contributed by atoms with Gasteiger partial charge in [0.15, 0.2) is 0 Å². The molecule has 0 bridgehead atoms. The number of hydrogen-bond donors (Lipinski definition) is 1. The molecule has 1 N–H and O–H groups in total. The first kappa shape index (κ1) is 12.0. The van der Waals surface area contributed by atoms with Gasteiger partial charge >= 0.3 is 5.69 Å². The summed E-state index contributed by atoms with van der Waals surface area (Å²) in [7, 11) is 0. The van der Waals surface area contributed by atoms with Gasteiger partial charge in [0.25, 0.3) is 0 Å².